The van der Waals surface area contributed by atoms with Crippen molar-refractivity contribution in [2.45, 2.75) is 40.5 Å². The molecule has 1 rings (SSSR count). The van der Waals surface area contributed by atoms with Gasteiger partial charge in [-0.2, -0.15) is 0 Å². The van der Waals surface area contributed by atoms with Crippen LogP contribution in [0.3, 0.4) is 0 Å². The molecule has 2 unspecified atom stereocenters. The van der Waals surface area contributed by atoms with E-state index in [4.69, 9.17) is 0 Å². The van der Waals surface area contributed by atoms with E-state index in [1.165, 1.54) is 0 Å². The predicted octanol–water partition coefficient (Wildman–Crippen LogP) is 4.28. The fourth-order valence-electron chi connectivity index (χ4n) is 2.31. The summed E-state index contributed by atoms with van der Waals surface area (Å²) in [6.07, 6.45) is 1.97. The lowest BCUT2D eigenvalue weighted by atomic mass is 9.86. The van der Waals surface area contributed by atoms with Crippen molar-refractivity contribution in [1.29, 1.82) is 0 Å². The molecular formula is C17H28FN. The van der Waals surface area contributed by atoms with Crippen LogP contribution in [0.4, 0.5) is 4.39 Å². The molecule has 0 aliphatic heterocycles. The van der Waals surface area contributed by atoms with Gasteiger partial charge in [0.2, 0.25) is 0 Å². The maximum absolute atomic E-state index is 13.7. The van der Waals surface area contributed by atoms with E-state index in [1.54, 1.807) is 12.1 Å². The van der Waals surface area contributed by atoms with Crippen LogP contribution in [0.1, 0.15) is 39.7 Å². The van der Waals surface area contributed by atoms with Crippen LogP contribution in [0.25, 0.3) is 0 Å². The Bertz CT molecular complexity index is 362. The Kier molecular flexibility index (Phi) is 7.07. The number of hydrogen-bond acceptors (Lipinski definition) is 1. The molecule has 108 valence electrons. The highest BCUT2D eigenvalue weighted by Crippen LogP contribution is 2.21. The minimum atomic E-state index is -0.0698. The molecule has 0 amide bonds. The lowest BCUT2D eigenvalue weighted by Gasteiger charge is -2.24. The van der Waals surface area contributed by atoms with Gasteiger partial charge in [-0.1, -0.05) is 52.3 Å². The molecule has 2 heteroatoms. The van der Waals surface area contributed by atoms with Crippen molar-refractivity contribution < 1.29 is 4.39 Å². The first-order valence-corrected chi connectivity index (χ1v) is 7.48. The lowest BCUT2D eigenvalue weighted by Crippen LogP contribution is -2.31. The van der Waals surface area contributed by atoms with Gasteiger partial charge < -0.3 is 5.32 Å². The van der Waals surface area contributed by atoms with Gasteiger partial charge in [-0.05, 0) is 48.9 Å². The molecule has 0 spiro atoms. The minimum absolute atomic E-state index is 0.0698. The van der Waals surface area contributed by atoms with Crippen LogP contribution in [-0.4, -0.2) is 13.1 Å². The zero-order chi connectivity index (χ0) is 14.3. The number of benzene rings is 1. The highest BCUT2D eigenvalue weighted by atomic mass is 19.1. The maximum Gasteiger partial charge on any atom is 0.126 e. The number of halogens is 1. The molecular weight excluding hydrogens is 237 g/mol. The summed E-state index contributed by atoms with van der Waals surface area (Å²) >= 11 is 0. The smallest absolute Gasteiger partial charge is 0.126 e. The van der Waals surface area contributed by atoms with Crippen molar-refractivity contribution in [2.24, 2.45) is 17.8 Å². The first kappa shape index (κ1) is 16.2. The lowest BCUT2D eigenvalue weighted by molar-refractivity contribution is 0.321. The third-order valence-electron chi connectivity index (χ3n) is 3.85. The van der Waals surface area contributed by atoms with Gasteiger partial charge in [0.25, 0.3) is 0 Å². The highest BCUT2D eigenvalue weighted by Gasteiger charge is 2.17. The summed E-state index contributed by atoms with van der Waals surface area (Å²) in [5.74, 6) is 1.70. The van der Waals surface area contributed by atoms with Gasteiger partial charge >= 0.3 is 0 Å². The third kappa shape index (κ3) is 5.73. The molecule has 0 saturated heterocycles. The van der Waals surface area contributed by atoms with Gasteiger partial charge in [0, 0.05) is 0 Å². The Balaban J connectivity index is 2.61. The molecule has 1 aromatic rings. The van der Waals surface area contributed by atoms with E-state index in [2.05, 4.69) is 33.0 Å². The molecule has 0 fully saturated rings. The van der Waals surface area contributed by atoms with Crippen molar-refractivity contribution in [3.8, 4) is 0 Å². The molecule has 0 aliphatic carbocycles. The van der Waals surface area contributed by atoms with Crippen molar-refractivity contribution in [3.05, 3.63) is 35.6 Å². The first-order chi connectivity index (χ1) is 9.04. The number of nitrogens with one attached hydrogen (secondary N) is 1. The van der Waals surface area contributed by atoms with Gasteiger partial charge in [0.05, 0.1) is 0 Å². The zero-order valence-corrected chi connectivity index (χ0v) is 12.7. The highest BCUT2D eigenvalue weighted by molar-refractivity contribution is 5.18. The van der Waals surface area contributed by atoms with Gasteiger partial charge in [-0.25, -0.2) is 4.39 Å². The fraction of sp³-hybridized carbons (Fsp3) is 0.647. The summed E-state index contributed by atoms with van der Waals surface area (Å²) in [5, 5.41) is 3.52. The average Bonchev–Trinajstić information content (AvgIpc) is 2.38. The molecule has 0 heterocycles. The summed E-state index contributed by atoms with van der Waals surface area (Å²) in [4.78, 5) is 0. The molecule has 0 bridgehead atoms. The SMILES string of the molecule is CCC(C)C(CNCC(C)C)Cc1ccccc1F. The summed E-state index contributed by atoms with van der Waals surface area (Å²) < 4.78 is 13.7. The van der Waals surface area contributed by atoms with Crippen LogP contribution in [0.5, 0.6) is 0 Å². The Morgan fingerprint density at radius 3 is 2.37 bits per heavy atom. The molecule has 0 saturated carbocycles. The Morgan fingerprint density at radius 2 is 1.79 bits per heavy atom. The van der Waals surface area contributed by atoms with Gasteiger partial charge in [0.1, 0.15) is 5.82 Å². The molecule has 1 nitrogen and oxygen atoms in total. The van der Waals surface area contributed by atoms with Crippen molar-refractivity contribution >= 4 is 0 Å². The van der Waals surface area contributed by atoms with Crippen LogP contribution >= 0.6 is 0 Å². The number of rotatable bonds is 8. The van der Waals surface area contributed by atoms with E-state index in [0.29, 0.717) is 17.8 Å². The fourth-order valence-corrected chi connectivity index (χ4v) is 2.31. The predicted molar refractivity (Wildman–Crippen MR) is 80.8 cm³/mol. The van der Waals surface area contributed by atoms with E-state index in [0.717, 1.165) is 31.5 Å². The van der Waals surface area contributed by atoms with Crippen LogP contribution in [0.2, 0.25) is 0 Å². The maximum atomic E-state index is 13.7. The van der Waals surface area contributed by atoms with Crippen LogP contribution in [0, 0.1) is 23.6 Å². The molecule has 0 aliphatic rings. The Hall–Kier alpha value is -0.890. The van der Waals surface area contributed by atoms with Crippen LogP contribution in [0.15, 0.2) is 24.3 Å². The van der Waals surface area contributed by atoms with E-state index in [1.807, 2.05) is 12.1 Å². The van der Waals surface area contributed by atoms with E-state index >= 15 is 0 Å². The van der Waals surface area contributed by atoms with Gasteiger partial charge in [0.15, 0.2) is 0 Å². The first-order valence-electron chi connectivity index (χ1n) is 7.48. The summed E-state index contributed by atoms with van der Waals surface area (Å²) in [7, 11) is 0. The van der Waals surface area contributed by atoms with E-state index < -0.39 is 0 Å². The van der Waals surface area contributed by atoms with Crippen LogP contribution < -0.4 is 5.32 Å². The topological polar surface area (TPSA) is 12.0 Å². The van der Waals surface area contributed by atoms with E-state index in [-0.39, 0.29) is 5.82 Å². The average molecular weight is 265 g/mol. The van der Waals surface area contributed by atoms with Gasteiger partial charge in [-0.3, -0.25) is 0 Å². The van der Waals surface area contributed by atoms with Crippen molar-refractivity contribution in [3.63, 3.8) is 0 Å². The third-order valence-corrected chi connectivity index (χ3v) is 3.85. The quantitative estimate of drug-likeness (QED) is 0.740. The Morgan fingerprint density at radius 1 is 1.11 bits per heavy atom. The molecule has 19 heavy (non-hydrogen) atoms. The summed E-state index contributed by atoms with van der Waals surface area (Å²) in [6, 6.07) is 7.15. The van der Waals surface area contributed by atoms with Crippen molar-refractivity contribution in [1.82, 2.24) is 5.32 Å². The van der Waals surface area contributed by atoms with Gasteiger partial charge in [-0.15, -0.1) is 0 Å². The Labute approximate surface area is 117 Å². The molecule has 1 N–H and O–H groups in total. The second-order valence-electron chi connectivity index (χ2n) is 5.99. The summed E-state index contributed by atoms with van der Waals surface area (Å²) in [6.45, 7) is 10.9. The van der Waals surface area contributed by atoms with E-state index in [9.17, 15) is 4.39 Å². The second-order valence-corrected chi connectivity index (χ2v) is 5.99. The largest absolute Gasteiger partial charge is 0.316 e. The molecule has 0 aromatic heterocycles. The standard InChI is InChI=1S/C17H28FN/c1-5-14(4)16(12-19-11-13(2)3)10-15-8-6-7-9-17(15)18/h6-9,13-14,16,19H,5,10-12H2,1-4H3. The number of hydrogen-bond donors (Lipinski definition) is 1. The van der Waals surface area contributed by atoms with Crippen LogP contribution in [-0.2, 0) is 6.42 Å². The molecule has 2 atom stereocenters. The second kappa shape index (κ2) is 8.31. The molecule has 0 radical (unpaired) electrons. The molecule has 1 aromatic carbocycles. The zero-order valence-electron chi connectivity index (χ0n) is 12.7. The van der Waals surface area contributed by atoms with Crippen molar-refractivity contribution in [2.75, 3.05) is 13.1 Å². The summed E-state index contributed by atoms with van der Waals surface area (Å²) in [5.41, 5.74) is 0.846. The normalized spacial score (nSPS) is 14.6. The minimum Gasteiger partial charge on any atom is -0.316 e. The monoisotopic (exact) mass is 265 g/mol.